The summed E-state index contributed by atoms with van der Waals surface area (Å²) in [5.74, 6) is 0.723. The predicted octanol–water partition coefficient (Wildman–Crippen LogP) is 2.60. The van der Waals surface area contributed by atoms with Crippen LogP contribution in [0.2, 0.25) is 0 Å². The standard InChI is InChI=1S/C17H27N3O/c1-13(2)15(14-7-6-10-19-11-14)12-20-16(21)17(18)8-4-3-5-9-17/h6-7,10-11,13,15H,3-5,8-9,12,18H2,1-2H3,(H,20,21). The number of nitrogens with two attached hydrogens (primary N) is 1. The fraction of sp³-hybridized carbons (Fsp3) is 0.647. The molecule has 1 aromatic heterocycles. The lowest BCUT2D eigenvalue weighted by Gasteiger charge is -2.33. The molecule has 1 fully saturated rings. The van der Waals surface area contributed by atoms with Gasteiger partial charge < -0.3 is 11.1 Å². The number of hydrogen-bond acceptors (Lipinski definition) is 3. The van der Waals surface area contributed by atoms with Crippen LogP contribution in [0.4, 0.5) is 0 Å². The van der Waals surface area contributed by atoms with Crippen LogP contribution in [0.1, 0.15) is 57.4 Å². The monoisotopic (exact) mass is 289 g/mol. The van der Waals surface area contributed by atoms with Crippen LogP contribution in [0.3, 0.4) is 0 Å². The number of aromatic nitrogens is 1. The molecule has 116 valence electrons. The summed E-state index contributed by atoms with van der Waals surface area (Å²) >= 11 is 0. The van der Waals surface area contributed by atoms with E-state index in [0.717, 1.165) is 25.7 Å². The summed E-state index contributed by atoms with van der Waals surface area (Å²) in [6, 6.07) is 4.01. The lowest BCUT2D eigenvalue weighted by atomic mass is 9.81. The van der Waals surface area contributed by atoms with Gasteiger partial charge in [-0.2, -0.15) is 0 Å². The third kappa shape index (κ3) is 4.03. The second-order valence-electron chi connectivity index (χ2n) is 6.56. The summed E-state index contributed by atoms with van der Waals surface area (Å²) in [6.45, 7) is 4.96. The van der Waals surface area contributed by atoms with E-state index in [2.05, 4.69) is 30.2 Å². The first kappa shape index (κ1) is 16.0. The van der Waals surface area contributed by atoms with E-state index in [1.165, 1.54) is 12.0 Å². The van der Waals surface area contributed by atoms with Crippen LogP contribution in [0.25, 0.3) is 0 Å². The average Bonchev–Trinajstić information content (AvgIpc) is 2.48. The first-order valence-corrected chi connectivity index (χ1v) is 8.00. The minimum absolute atomic E-state index is 0.0109. The first-order chi connectivity index (χ1) is 10.0. The molecule has 0 aromatic carbocycles. The number of carbonyl (C=O) groups is 1. The number of rotatable bonds is 5. The van der Waals surface area contributed by atoms with Crippen LogP contribution >= 0.6 is 0 Å². The van der Waals surface area contributed by atoms with Gasteiger partial charge in [0, 0.05) is 24.9 Å². The van der Waals surface area contributed by atoms with E-state index in [-0.39, 0.29) is 11.8 Å². The summed E-state index contributed by atoms with van der Waals surface area (Å²) in [6.07, 6.45) is 8.57. The molecule has 1 amide bonds. The zero-order valence-electron chi connectivity index (χ0n) is 13.1. The van der Waals surface area contributed by atoms with E-state index >= 15 is 0 Å². The SMILES string of the molecule is CC(C)C(CNC(=O)C1(N)CCCCC1)c1cccnc1. The smallest absolute Gasteiger partial charge is 0.240 e. The first-order valence-electron chi connectivity index (χ1n) is 8.00. The molecular formula is C17H27N3O. The maximum absolute atomic E-state index is 12.4. The Morgan fingerprint density at radius 3 is 2.67 bits per heavy atom. The molecule has 0 aliphatic heterocycles. The number of pyridine rings is 1. The van der Waals surface area contributed by atoms with Crippen molar-refractivity contribution in [1.29, 1.82) is 0 Å². The van der Waals surface area contributed by atoms with Gasteiger partial charge in [-0.1, -0.05) is 39.2 Å². The molecule has 3 N–H and O–H groups in total. The highest BCUT2D eigenvalue weighted by Gasteiger charge is 2.35. The predicted molar refractivity (Wildman–Crippen MR) is 84.8 cm³/mol. The minimum atomic E-state index is -0.658. The minimum Gasteiger partial charge on any atom is -0.354 e. The van der Waals surface area contributed by atoms with Crippen LogP contribution in [-0.4, -0.2) is 23.0 Å². The van der Waals surface area contributed by atoms with Gasteiger partial charge in [-0.05, 0) is 30.4 Å². The fourth-order valence-corrected chi connectivity index (χ4v) is 3.12. The van der Waals surface area contributed by atoms with E-state index in [1.807, 2.05) is 12.3 Å². The van der Waals surface area contributed by atoms with Crippen molar-refractivity contribution in [2.45, 2.75) is 57.4 Å². The topological polar surface area (TPSA) is 68.0 Å². The van der Waals surface area contributed by atoms with Gasteiger partial charge in [0.15, 0.2) is 0 Å². The number of nitrogens with zero attached hydrogens (tertiary/aromatic N) is 1. The molecule has 0 saturated heterocycles. The van der Waals surface area contributed by atoms with Crippen molar-refractivity contribution in [3.05, 3.63) is 30.1 Å². The van der Waals surface area contributed by atoms with E-state index < -0.39 is 5.54 Å². The van der Waals surface area contributed by atoms with Gasteiger partial charge in [0.25, 0.3) is 0 Å². The van der Waals surface area contributed by atoms with Gasteiger partial charge >= 0.3 is 0 Å². The van der Waals surface area contributed by atoms with Crippen molar-refractivity contribution >= 4 is 5.91 Å². The van der Waals surface area contributed by atoms with E-state index in [1.54, 1.807) is 6.20 Å². The highest BCUT2D eigenvalue weighted by atomic mass is 16.2. The van der Waals surface area contributed by atoms with Gasteiger partial charge in [-0.25, -0.2) is 0 Å². The molecule has 4 heteroatoms. The molecule has 0 spiro atoms. The van der Waals surface area contributed by atoms with Crippen molar-refractivity contribution in [2.75, 3.05) is 6.54 Å². The molecule has 4 nitrogen and oxygen atoms in total. The molecule has 1 heterocycles. The third-order valence-corrected chi connectivity index (χ3v) is 4.60. The summed E-state index contributed by atoms with van der Waals surface area (Å²) in [7, 11) is 0. The molecule has 1 aliphatic carbocycles. The Morgan fingerprint density at radius 2 is 2.10 bits per heavy atom. The third-order valence-electron chi connectivity index (χ3n) is 4.60. The second kappa shape index (κ2) is 7.03. The van der Waals surface area contributed by atoms with E-state index in [4.69, 9.17) is 5.73 Å². The highest BCUT2D eigenvalue weighted by molar-refractivity contribution is 5.86. The zero-order chi connectivity index (χ0) is 15.3. The van der Waals surface area contributed by atoms with Crippen LogP contribution < -0.4 is 11.1 Å². The number of carbonyl (C=O) groups excluding carboxylic acids is 1. The number of amides is 1. The summed E-state index contributed by atoms with van der Waals surface area (Å²) in [5, 5.41) is 3.08. The molecule has 21 heavy (non-hydrogen) atoms. The second-order valence-corrected chi connectivity index (χ2v) is 6.56. The largest absolute Gasteiger partial charge is 0.354 e. The lowest BCUT2D eigenvalue weighted by molar-refractivity contribution is -0.127. The van der Waals surface area contributed by atoms with Crippen LogP contribution in [0.15, 0.2) is 24.5 Å². The summed E-state index contributed by atoms with van der Waals surface area (Å²) < 4.78 is 0. The number of nitrogens with one attached hydrogen (secondary N) is 1. The molecule has 1 saturated carbocycles. The molecule has 2 rings (SSSR count). The van der Waals surface area contributed by atoms with Crippen molar-refractivity contribution in [1.82, 2.24) is 10.3 Å². The van der Waals surface area contributed by atoms with Crippen LogP contribution in [0.5, 0.6) is 0 Å². The fourth-order valence-electron chi connectivity index (χ4n) is 3.12. The van der Waals surface area contributed by atoms with Crippen LogP contribution in [-0.2, 0) is 4.79 Å². The van der Waals surface area contributed by atoms with Gasteiger partial charge in [0.05, 0.1) is 5.54 Å². The zero-order valence-corrected chi connectivity index (χ0v) is 13.1. The van der Waals surface area contributed by atoms with Gasteiger partial charge in [0.2, 0.25) is 5.91 Å². The van der Waals surface area contributed by atoms with Gasteiger partial charge in [-0.15, -0.1) is 0 Å². The Kier molecular flexibility index (Phi) is 5.34. The molecule has 1 aromatic rings. The Hall–Kier alpha value is -1.42. The Bertz CT molecular complexity index is 452. The molecule has 0 radical (unpaired) electrons. The Balaban J connectivity index is 1.97. The molecule has 1 aliphatic rings. The molecule has 1 atom stereocenters. The average molecular weight is 289 g/mol. The van der Waals surface area contributed by atoms with Crippen molar-refractivity contribution in [3.63, 3.8) is 0 Å². The summed E-state index contributed by atoms with van der Waals surface area (Å²) in [4.78, 5) is 16.6. The summed E-state index contributed by atoms with van der Waals surface area (Å²) in [5.41, 5.74) is 6.79. The normalized spacial score (nSPS) is 19.2. The van der Waals surface area contributed by atoms with Crippen LogP contribution in [0, 0.1) is 5.92 Å². The molecule has 0 bridgehead atoms. The molecule has 1 unspecified atom stereocenters. The Labute approximate surface area is 127 Å². The van der Waals surface area contributed by atoms with Gasteiger partial charge in [0.1, 0.15) is 0 Å². The highest BCUT2D eigenvalue weighted by Crippen LogP contribution is 2.27. The maximum atomic E-state index is 12.4. The van der Waals surface area contributed by atoms with E-state index in [9.17, 15) is 4.79 Å². The van der Waals surface area contributed by atoms with E-state index in [0.29, 0.717) is 12.5 Å². The maximum Gasteiger partial charge on any atom is 0.240 e. The van der Waals surface area contributed by atoms with Crippen molar-refractivity contribution in [2.24, 2.45) is 11.7 Å². The van der Waals surface area contributed by atoms with Crippen molar-refractivity contribution in [3.8, 4) is 0 Å². The number of hydrogen-bond donors (Lipinski definition) is 2. The van der Waals surface area contributed by atoms with Crippen molar-refractivity contribution < 1.29 is 4.79 Å². The van der Waals surface area contributed by atoms with Gasteiger partial charge in [-0.3, -0.25) is 9.78 Å². The quantitative estimate of drug-likeness (QED) is 0.875. The molecular weight excluding hydrogens is 262 g/mol. The lowest BCUT2D eigenvalue weighted by Crippen LogP contribution is -2.55. The Morgan fingerprint density at radius 1 is 1.38 bits per heavy atom.